The van der Waals surface area contributed by atoms with Crippen LogP contribution < -0.4 is 5.32 Å². The second-order valence-electron chi connectivity index (χ2n) is 6.65. The molecular formula is C19H24N2O4. The number of carboxylic acids is 1. The smallest absolute Gasteiger partial charge is 0.305 e. The van der Waals surface area contributed by atoms with E-state index in [9.17, 15) is 14.7 Å². The number of carbonyl (C=O) groups excluding carboxylic acids is 1. The number of nitrogens with one attached hydrogen (secondary N) is 1. The fourth-order valence-corrected chi connectivity index (χ4v) is 3.64. The van der Waals surface area contributed by atoms with E-state index in [2.05, 4.69) is 16.8 Å². The van der Waals surface area contributed by atoms with Gasteiger partial charge in [-0.05, 0) is 31.4 Å². The molecule has 3 rings (SSSR count). The van der Waals surface area contributed by atoms with Crippen LogP contribution in [0.4, 0.5) is 0 Å². The minimum Gasteiger partial charge on any atom is -0.481 e. The molecule has 6 heteroatoms. The van der Waals surface area contributed by atoms with Crippen LogP contribution in [0, 0.1) is 0 Å². The second-order valence-corrected chi connectivity index (χ2v) is 6.65. The molecule has 0 unspecified atom stereocenters. The van der Waals surface area contributed by atoms with E-state index in [0.717, 1.165) is 23.0 Å². The number of hydrogen-bond donors (Lipinski definition) is 2. The maximum atomic E-state index is 12.7. The number of fused-ring (bicyclic) bond motifs is 1. The summed E-state index contributed by atoms with van der Waals surface area (Å²) in [6, 6.07) is 8.02. The topological polar surface area (TPSA) is 80.6 Å². The molecule has 0 aliphatic carbocycles. The van der Waals surface area contributed by atoms with Gasteiger partial charge in [0, 0.05) is 36.9 Å². The molecule has 0 atom stereocenters. The molecule has 1 amide bonds. The minimum absolute atomic E-state index is 0.0706. The number of benzene rings is 1. The van der Waals surface area contributed by atoms with Crippen molar-refractivity contribution < 1.29 is 19.4 Å². The first kappa shape index (κ1) is 17.5. The molecule has 1 saturated heterocycles. The molecule has 1 aromatic heterocycles. The SMILES string of the molecule is CCn1cc(CC(=O)NC2(CC(=O)O)CCOCC2)c2ccccc21. The summed E-state index contributed by atoms with van der Waals surface area (Å²) >= 11 is 0. The van der Waals surface area contributed by atoms with E-state index in [1.54, 1.807) is 0 Å². The minimum atomic E-state index is -0.898. The molecule has 2 aromatic rings. The number of rotatable bonds is 6. The number of carbonyl (C=O) groups is 2. The molecule has 0 spiro atoms. The molecule has 2 N–H and O–H groups in total. The van der Waals surface area contributed by atoms with E-state index < -0.39 is 11.5 Å². The van der Waals surface area contributed by atoms with Gasteiger partial charge in [-0.25, -0.2) is 0 Å². The first-order valence-corrected chi connectivity index (χ1v) is 8.70. The lowest BCUT2D eigenvalue weighted by Crippen LogP contribution is -2.53. The Morgan fingerprint density at radius 1 is 1.28 bits per heavy atom. The Morgan fingerprint density at radius 3 is 2.68 bits per heavy atom. The van der Waals surface area contributed by atoms with Crippen LogP contribution in [0.2, 0.25) is 0 Å². The Labute approximate surface area is 146 Å². The van der Waals surface area contributed by atoms with E-state index in [-0.39, 0.29) is 18.7 Å². The average Bonchev–Trinajstić information content (AvgIpc) is 2.92. The van der Waals surface area contributed by atoms with Gasteiger partial charge >= 0.3 is 5.97 Å². The molecule has 0 saturated carbocycles. The maximum Gasteiger partial charge on any atom is 0.305 e. The fraction of sp³-hybridized carbons (Fsp3) is 0.474. The molecule has 1 aromatic carbocycles. The van der Waals surface area contributed by atoms with Gasteiger partial charge in [0.05, 0.1) is 18.4 Å². The Bertz CT molecular complexity index is 775. The van der Waals surface area contributed by atoms with E-state index >= 15 is 0 Å². The highest BCUT2D eigenvalue weighted by Crippen LogP contribution is 2.26. The van der Waals surface area contributed by atoms with Crippen LogP contribution in [0.25, 0.3) is 10.9 Å². The summed E-state index contributed by atoms with van der Waals surface area (Å²) < 4.78 is 7.46. The van der Waals surface area contributed by atoms with Gasteiger partial charge in [0.15, 0.2) is 0 Å². The van der Waals surface area contributed by atoms with Crippen LogP contribution in [-0.2, 0) is 27.3 Å². The number of aryl methyl sites for hydroxylation is 1. The molecule has 0 bridgehead atoms. The normalized spacial score (nSPS) is 16.7. The number of ether oxygens (including phenoxy) is 1. The van der Waals surface area contributed by atoms with Gasteiger partial charge in [0.1, 0.15) is 0 Å². The van der Waals surface area contributed by atoms with Crippen molar-refractivity contribution in [2.45, 2.75) is 44.7 Å². The quantitative estimate of drug-likeness (QED) is 0.843. The first-order valence-electron chi connectivity index (χ1n) is 8.70. The van der Waals surface area contributed by atoms with Crippen LogP contribution in [0.5, 0.6) is 0 Å². The molecule has 25 heavy (non-hydrogen) atoms. The third-order valence-corrected chi connectivity index (χ3v) is 4.91. The molecule has 1 fully saturated rings. The summed E-state index contributed by atoms with van der Waals surface area (Å²) in [5.41, 5.74) is 1.37. The average molecular weight is 344 g/mol. The summed E-state index contributed by atoms with van der Waals surface area (Å²) in [5.74, 6) is -1.04. The van der Waals surface area contributed by atoms with E-state index in [1.165, 1.54) is 0 Å². The van der Waals surface area contributed by atoms with Crippen molar-refractivity contribution in [3.8, 4) is 0 Å². The van der Waals surface area contributed by atoms with Crippen LogP contribution in [-0.4, -0.2) is 40.3 Å². The molecule has 2 heterocycles. The predicted molar refractivity (Wildman–Crippen MR) is 94.5 cm³/mol. The van der Waals surface area contributed by atoms with Crippen molar-refractivity contribution in [3.05, 3.63) is 36.0 Å². The highest BCUT2D eigenvalue weighted by Gasteiger charge is 2.36. The van der Waals surface area contributed by atoms with Crippen molar-refractivity contribution in [1.29, 1.82) is 0 Å². The van der Waals surface area contributed by atoms with Gasteiger partial charge in [0.2, 0.25) is 5.91 Å². The van der Waals surface area contributed by atoms with Crippen molar-refractivity contribution in [3.63, 3.8) is 0 Å². The number of hydrogen-bond acceptors (Lipinski definition) is 3. The summed E-state index contributed by atoms with van der Waals surface area (Å²) in [5, 5.41) is 13.3. The number of aromatic nitrogens is 1. The molecule has 0 radical (unpaired) electrons. The van der Waals surface area contributed by atoms with Crippen LogP contribution in [0.1, 0.15) is 31.7 Å². The van der Waals surface area contributed by atoms with Crippen molar-refractivity contribution in [2.75, 3.05) is 13.2 Å². The molecule has 6 nitrogen and oxygen atoms in total. The summed E-state index contributed by atoms with van der Waals surface area (Å²) in [6.07, 6.45) is 3.25. The van der Waals surface area contributed by atoms with Crippen LogP contribution in [0.3, 0.4) is 0 Å². The van der Waals surface area contributed by atoms with Crippen LogP contribution in [0.15, 0.2) is 30.5 Å². The van der Waals surface area contributed by atoms with Crippen molar-refractivity contribution in [1.82, 2.24) is 9.88 Å². The number of amides is 1. The zero-order valence-corrected chi connectivity index (χ0v) is 14.5. The highest BCUT2D eigenvalue weighted by molar-refractivity contribution is 5.89. The van der Waals surface area contributed by atoms with E-state index in [4.69, 9.17) is 4.74 Å². The van der Waals surface area contributed by atoms with Crippen molar-refractivity contribution in [2.24, 2.45) is 0 Å². The van der Waals surface area contributed by atoms with Crippen molar-refractivity contribution >= 4 is 22.8 Å². The highest BCUT2D eigenvalue weighted by atomic mass is 16.5. The second kappa shape index (κ2) is 7.27. The third-order valence-electron chi connectivity index (χ3n) is 4.91. The zero-order valence-electron chi connectivity index (χ0n) is 14.5. The Kier molecular flexibility index (Phi) is 5.08. The monoisotopic (exact) mass is 344 g/mol. The standard InChI is InChI=1S/C19H24N2O4/c1-2-21-13-14(15-5-3-4-6-16(15)21)11-17(22)20-19(12-18(23)24)7-9-25-10-8-19/h3-6,13H,2,7-12H2,1H3,(H,20,22)(H,23,24). The van der Waals surface area contributed by atoms with E-state index in [1.807, 2.05) is 30.5 Å². The van der Waals surface area contributed by atoms with Gasteiger partial charge in [0.25, 0.3) is 0 Å². The Hall–Kier alpha value is -2.34. The lowest BCUT2D eigenvalue weighted by atomic mass is 9.86. The summed E-state index contributed by atoms with van der Waals surface area (Å²) in [7, 11) is 0. The summed E-state index contributed by atoms with van der Waals surface area (Å²) in [4.78, 5) is 23.9. The first-order chi connectivity index (χ1) is 12.0. The Morgan fingerprint density at radius 2 is 2.00 bits per heavy atom. The lowest BCUT2D eigenvalue weighted by Gasteiger charge is -2.36. The summed E-state index contributed by atoms with van der Waals surface area (Å²) in [6.45, 7) is 3.86. The number of para-hydroxylation sites is 1. The van der Waals surface area contributed by atoms with Gasteiger partial charge in [-0.2, -0.15) is 0 Å². The Balaban J connectivity index is 1.78. The van der Waals surface area contributed by atoms with Gasteiger partial charge in [-0.3, -0.25) is 9.59 Å². The molecule has 134 valence electrons. The largest absolute Gasteiger partial charge is 0.481 e. The predicted octanol–water partition coefficient (Wildman–Crippen LogP) is 2.34. The maximum absolute atomic E-state index is 12.7. The fourth-order valence-electron chi connectivity index (χ4n) is 3.64. The van der Waals surface area contributed by atoms with Gasteiger partial charge < -0.3 is 19.7 Å². The van der Waals surface area contributed by atoms with Crippen LogP contribution >= 0.6 is 0 Å². The number of carboxylic acid groups (broad SMARTS) is 1. The van der Waals surface area contributed by atoms with E-state index in [0.29, 0.717) is 26.1 Å². The molecule has 1 aliphatic heterocycles. The number of nitrogens with zero attached hydrogens (tertiary/aromatic N) is 1. The third kappa shape index (κ3) is 3.85. The lowest BCUT2D eigenvalue weighted by molar-refractivity contribution is -0.140. The van der Waals surface area contributed by atoms with Gasteiger partial charge in [-0.15, -0.1) is 0 Å². The number of aliphatic carboxylic acids is 1. The molecular weight excluding hydrogens is 320 g/mol. The molecule has 1 aliphatic rings. The van der Waals surface area contributed by atoms with Gasteiger partial charge in [-0.1, -0.05) is 18.2 Å². The zero-order chi connectivity index (χ0) is 17.9.